The first kappa shape index (κ1) is 21.4. The van der Waals surface area contributed by atoms with Gasteiger partial charge in [-0.3, -0.25) is 4.79 Å². The van der Waals surface area contributed by atoms with E-state index in [-0.39, 0.29) is 5.91 Å². The van der Waals surface area contributed by atoms with E-state index in [1.54, 1.807) is 30.3 Å². The van der Waals surface area contributed by atoms with Crippen molar-refractivity contribution in [3.8, 4) is 11.5 Å². The second-order valence-electron chi connectivity index (χ2n) is 7.22. The third-order valence-corrected chi connectivity index (χ3v) is 5.24. The summed E-state index contributed by atoms with van der Waals surface area (Å²) in [6.07, 6.45) is 0. The van der Waals surface area contributed by atoms with Gasteiger partial charge in [0.1, 0.15) is 11.5 Å². The highest BCUT2D eigenvalue weighted by Crippen LogP contribution is 2.29. The van der Waals surface area contributed by atoms with Gasteiger partial charge in [0.25, 0.3) is 5.91 Å². The maximum Gasteiger partial charge on any atom is 0.337 e. The molecule has 2 N–H and O–H groups in total. The molecule has 1 fully saturated rings. The average molecular weight is 414 g/mol. The van der Waals surface area contributed by atoms with Gasteiger partial charge in [-0.15, -0.1) is 0 Å². The largest absolute Gasteiger partial charge is 0.497 e. The van der Waals surface area contributed by atoms with E-state index >= 15 is 0 Å². The molecule has 0 radical (unpaired) electrons. The summed E-state index contributed by atoms with van der Waals surface area (Å²) in [5, 5.41) is 2.95. The first-order valence-corrected chi connectivity index (χ1v) is 9.78. The Morgan fingerprint density at radius 3 is 2.13 bits per heavy atom. The second-order valence-corrected chi connectivity index (χ2v) is 7.22. The number of piperazine rings is 1. The molecule has 1 amide bonds. The predicted molar refractivity (Wildman–Crippen MR) is 114 cm³/mol. The summed E-state index contributed by atoms with van der Waals surface area (Å²) >= 11 is 0. The lowest BCUT2D eigenvalue weighted by Crippen LogP contribution is -3.12. The SMILES string of the molecule is COC(=O)c1ccc(N2CC[NH+](C)CC2)c(NC(=O)c2cc(OC)cc(OC)c2)c1. The number of amides is 1. The van der Waals surface area contributed by atoms with E-state index in [2.05, 4.69) is 17.3 Å². The monoisotopic (exact) mass is 414 g/mol. The van der Waals surface area contributed by atoms with Gasteiger partial charge in [-0.2, -0.15) is 0 Å². The van der Waals surface area contributed by atoms with E-state index < -0.39 is 5.97 Å². The summed E-state index contributed by atoms with van der Waals surface area (Å²) in [7, 11) is 6.56. The molecule has 3 rings (SSSR count). The van der Waals surface area contributed by atoms with Crippen LogP contribution in [0.1, 0.15) is 20.7 Å². The third kappa shape index (κ3) is 4.83. The van der Waals surface area contributed by atoms with Crippen LogP contribution in [0.5, 0.6) is 11.5 Å². The van der Waals surface area contributed by atoms with Gasteiger partial charge in [0.05, 0.1) is 71.5 Å². The van der Waals surface area contributed by atoms with E-state index in [4.69, 9.17) is 14.2 Å². The molecule has 2 aromatic carbocycles. The van der Waals surface area contributed by atoms with Crippen LogP contribution in [0.4, 0.5) is 11.4 Å². The number of hydrogen-bond acceptors (Lipinski definition) is 6. The Morgan fingerprint density at radius 1 is 0.933 bits per heavy atom. The van der Waals surface area contributed by atoms with Gasteiger partial charge in [0.15, 0.2) is 0 Å². The number of carbonyl (C=O) groups is 2. The summed E-state index contributed by atoms with van der Waals surface area (Å²) < 4.78 is 15.4. The summed E-state index contributed by atoms with van der Waals surface area (Å²) in [6.45, 7) is 3.72. The molecule has 8 nitrogen and oxygen atoms in total. The number of rotatable bonds is 6. The second kappa shape index (κ2) is 9.49. The minimum absolute atomic E-state index is 0.324. The van der Waals surface area contributed by atoms with Gasteiger partial charge >= 0.3 is 5.97 Å². The first-order valence-electron chi connectivity index (χ1n) is 9.78. The molecule has 1 aliphatic heterocycles. The molecule has 0 atom stereocenters. The van der Waals surface area contributed by atoms with E-state index in [0.717, 1.165) is 31.9 Å². The molecule has 0 aromatic heterocycles. The Hall–Kier alpha value is -3.26. The zero-order valence-electron chi connectivity index (χ0n) is 17.8. The molecule has 0 spiro atoms. The topological polar surface area (TPSA) is 81.5 Å². The molecule has 1 aliphatic rings. The number of quaternary nitrogens is 1. The van der Waals surface area contributed by atoms with Crippen LogP contribution in [0, 0.1) is 0 Å². The third-order valence-electron chi connectivity index (χ3n) is 5.24. The normalized spacial score (nSPS) is 14.2. The number of hydrogen-bond donors (Lipinski definition) is 2. The number of anilines is 2. The molecule has 2 aromatic rings. The van der Waals surface area contributed by atoms with E-state index in [9.17, 15) is 9.59 Å². The molecular weight excluding hydrogens is 386 g/mol. The van der Waals surface area contributed by atoms with Crippen molar-refractivity contribution in [2.45, 2.75) is 0 Å². The van der Waals surface area contributed by atoms with Crippen molar-refractivity contribution >= 4 is 23.3 Å². The van der Waals surface area contributed by atoms with Gasteiger partial charge < -0.3 is 29.3 Å². The van der Waals surface area contributed by atoms with Crippen molar-refractivity contribution in [1.82, 2.24) is 0 Å². The molecule has 1 saturated heterocycles. The highest BCUT2D eigenvalue weighted by Gasteiger charge is 2.22. The van der Waals surface area contributed by atoms with Crippen LogP contribution in [-0.2, 0) is 4.74 Å². The van der Waals surface area contributed by atoms with Crippen molar-refractivity contribution in [3.05, 3.63) is 47.5 Å². The zero-order valence-corrected chi connectivity index (χ0v) is 17.8. The molecule has 1 heterocycles. The Bertz CT molecular complexity index is 901. The molecule has 0 bridgehead atoms. The van der Waals surface area contributed by atoms with Crippen molar-refractivity contribution in [2.75, 3.05) is 64.8 Å². The van der Waals surface area contributed by atoms with Gasteiger partial charge in [-0.25, -0.2) is 4.79 Å². The van der Waals surface area contributed by atoms with Gasteiger partial charge in [0, 0.05) is 11.6 Å². The summed E-state index contributed by atoms with van der Waals surface area (Å²) in [4.78, 5) is 28.7. The van der Waals surface area contributed by atoms with Crippen molar-refractivity contribution < 1.29 is 28.7 Å². The maximum absolute atomic E-state index is 13.0. The van der Waals surface area contributed by atoms with E-state index in [1.807, 2.05) is 6.07 Å². The molecule has 8 heteroatoms. The lowest BCUT2D eigenvalue weighted by molar-refractivity contribution is -0.880. The fraction of sp³-hybridized carbons (Fsp3) is 0.364. The van der Waals surface area contributed by atoms with Crippen LogP contribution in [0.15, 0.2) is 36.4 Å². The number of carbonyl (C=O) groups excluding carboxylic acids is 2. The molecule has 30 heavy (non-hydrogen) atoms. The summed E-state index contributed by atoms with van der Waals surface area (Å²) in [6, 6.07) is 10.2. The number of nitrogens with zero attached hydrogens (tertiary/aromatic N) is 1. The summed E-state index contributed by atoms with van der Waals surface area (Å²) in [5.41, 5.74) is 2.20. The first-order chi connectivity index (χ1) is 14.4. The standard InChI is InChI=1S/C22H27N3O5/c1-24-7-9-25(10-8-24)20-6-5-15(22(27)30-4)13-19(20)23-21(26)16-11-17(28-2)14-18(12-16)29-3/h5-6,11-14H,7-10H2,1-4H3,(H,23,26)/p+1. The smallest absolute Gasteiger partial charge is 0.337 e. The van der Waals surface area contributed by atoms with Crippen LogP contribution < -0.4 is 24.6 Å². The lowest BCUT2D eigenvalue weighted by Gasteiger charge is -2.33. The Morgan fingerprint density at radius 2 is 1.57 bits per heavy atom. The van der Waals surface area contributed by atoms with Crippen molar-refractivity contribution in [2.24, 2.45) is 0 Å². The number of nitrogens with one attached hydrogen (secondary N) is 2. The van der Waals surface area contributed by atoms with E-state index in [0.29, 0.717) is 28.3 Å². The van der Waals surface area contributed by atoms with Crippen molar-refractivity contribution in [1.29, 1.82) is 0 Å². The van der Waals surface area contributed by atoms with Crippen molar-refractivity contribution in [3.63, 3.8) is 0 Å². The average Bonchev–Trinajstić information content (AvgIpc) is 2.78. The van der Waals surface area contributed by atoms with Crippen LogP contribution >= 0.6 is 0 Å². The number of benzene rings is 2. The zero-order chi connectivity index (χ0) is 21.7. The van der Waals surface area contributed by atoms with Crippen LogP contribution in [0.3, 0.4) is 0 Å². The number of likely N-dealkylation sites (N-methyl/N-ethyl adjacent to an activating group) is 1. The Kier molecular flexibility index (Phi) is 6.79. The quantitative estimate of drug-likeness (QED) is 0.689. The van der Waals surface area contributed by atoms with Crippen LogP contribution in [0.25, 0.3) is 0 Å². The predicted octanol–water partition coefficient (Wildman–Crippen LogP) is 1.08. The number of ether oxygens (including phenoxy) is 3. The summed E-state index contributed by atoms with van der Waals surface area (Å²) in [5.74, 6) is 0.258. The minimum Gasteiger partial charge on any atom is -0.497 e. The lowest BCUT2D eigenvalue weighted by atomic mass is 10.1. The van der Waals surface area contributed by atoms with Gasteiger partial charge in [-0.05, 0) is 30.3 Å². The minimum atomic E-state index is -0.456. The highest BCUT2D eigenvalue weighted by molar-refractivity contribution is 6.07. The van der Waals surface area contributed by atoms with Crippen LogP contribution in [0.2, 0.25) is 0 Å². The molecule has 160 valence electrons. The van der Waals surface area contributed by atoms with Gasteiger partial charge in [0.2, 0.25) is 0 Å². The fourth-order valence-electron chi connectivity index (χ4n) is 3.42. The Balaban J connectivity index is 1.94. The molecule has 0 unspecified atom stereocenters. The van der Waals surface area contributed by atoms with Crippen LogP contribution in [-0.4, -0.2) is 66.4 Å². The molecule has 0 saturated carbocycles. The van der Waals surface area contributed by atoms with Gasteiger partial charge in [-0.1, -0.05) is 0 Å². The Labute approximate surface area is 176 Å². The van der Waals surface area contributed by atoms with E-state index in [1.165, 1.54) is 26.2 Å². The highest BCUT2D eigenvalue weighted by atomic mass is 16.5. The maximum atomic E-state index is 13.0. The molecule has 0 aliphatic carbocycles. The molecular formula is C22H28N3O5+. The number of esters is 1. The number of methoxy groups -OCH3 is 3. The fourth-order valence-corrected chi connectivity index (χ4v) is 3.42.